The van der Waals surface area contributed by atoms with Crippen LogP contribution >= 0.6 is 23.2 Å². The summed E-state index contributed by atoms with van der Waals surface area (Å²) in [5, 5.41) is 3.84. The molecule has 1 fully saturated rings. The first-order valence-electron chi connectivity index (χ1n) is 8.69. The van der Waals surface area contributed by atoms with Crippen LogP contribution in [-0.4, -0.2) is 33.2 Å². The van der Waals surface area contributed by atoms with Gasteiger partial charge in [0.05, 0.1) is 16.5 Å². The largest absolute Gasteiger partial charge is 0.352 e. The zero-order chi connectivity index (χ0) is 19.4. The second-order valence-corrected chi connectivity index (χ2v) is 9.25. The number of hydrogen-bond acceptors (Lipinski definition) is 3. The Kier molecular flexibility index (Phi) is 6.29. The molecule has 0 bridgehead atoms. The molecular weight excluding hydrogens is 407 g/mol. The number of hydrogen-bond donors (Lipinski definition) is 1. The van der Waals surface area contributed by atoms with Crippen molar-refractivity contribution >= 4 is 44.8 Å². The first-order chi connectivity index (χ1) is 12.9. The summed E-state index contributed by atoms with van der Waals surface area (Å²) in [7, 11) is -3.39. The van der Waals surface area contributed by atoms with E-state index in [-0.39, 0.29) is 11.7 Å². The highest BCUT2D eigenvalue weighted by Gasteiger charge is 2.28. The molecule has 1 amide bonds. The number of benzene rings is 2. The molecule has 1 N–H and O–H groups in total. The van der Waals surface area contributed by atoms with E-state index < -0.39 is 10.0 Å². The van der Waals surface area contributed by atoms with E-state index >= 15 is 0 Å². The van der Waals surface area contributed by atoms with Gasteiger partial charge in [-0.3, -0.25) is 9.10 Å². The Labute approximate surface area is 169 Å². The number of nitrogens with one attached hydrogen (secondary N) is 1. The topological polar surface area (TPSA) is 66.5 Å². The van der Waals surface area contributed by atoms with Crippen molar-refractivity contribution in [2.45, 2.75) is 19.3 Å². The number of sulfonamides is 1. The molecule has 0 unspecified atom stereocenters. The molecule has 0 atom stereocenters. The van der Waals surface area contributed by atoms with Gasteiger partial charge in [-0.15, -0.1) is 0 Å². The van der Waals surface area contributed by atoms with Crippen molar-refractivity contribution in [3.63, 3.8) is 0 Å². The molecule has 1 aliphatic heterocycles. The Balaban J connectivity index is 1.69. The minimum absolute atomic E-state index is 0.0981. The fourth-order valence-corrected chi connectivity index (χ4v) is 5.02. The number of nitrogens with zero attached hydrogens (tertiary/aromatic N) is 1. The van der Waals surface area contributed by atoms with E-state index in [1.165, 1.54) is 4.31 Å². The highest BCUT2D eigenvalue weighted by Crippen LogP contribution is 2.31. The zero-order valence-corrected chi connectivity index (χ0v) is 16.9. The quantitative estimate of drug-likeness (QED) is 0.787. The number of halogens is 2. The monoisotopic (exact) mass is 426 g/mol. The highest BCUT2D eigenvalue weighted by molar-refractivity contribution is 7.92. The van der Waals surface area contributed by atoms with Crippen LogP contribution in [0.15, 0.2) is 42.5 Å². The molecule has 144 valence electrons. The highest BCUT2D eigenvalue weighted by atomic mass is 35.5. The number of anilines is 1. The lowest BCUT2D eigenvalue weighted by atomic mass is 10.1. The van der Waals surface area contributed by atoms with Gasteiger partial charge in [-0.1, -0.05) is 35.3 Å². The van der Waals surface area contributed by atoms with Crippen LogP contribution in [0.1, 0.15) is 28.8 Å². The molecule has 0 aromatic heterocycles. The SMILES string of the molecule is O=C(NCCc1ccc(Cl)cc1)c1ccc(Cl)c(N2CCCCS2(=O)=O)c1. The third-order valence-corrected chi connectivity index (χ3v) is 6.87. The standard InChI is InChI=1S/C19H20Cl2N2O3S/c20-16-6-3-14(4-7-16)9-10-22-19(24)15-5-8-17(21)18(13-15)23-11-1-2-12-27(23,25)26/h3-8,13H,1-2,9-12H2,(H,22,24). The van der Waals surface area contributed by atoms with E-state index in [1.54, 1.807) is 18.2 Å². The van der Waals surface area contributed by atoms with Gasteiger partial charge in [-0.2, -0.15) is 0 Å². The van der Waals surface area contributed by atoms with Crippen LogP contribution in [0.3, 0.4) is 0 Å². The van der Waals surface area contributed by atoms with Crippen LogP contribution in [0.2, 0.25) is 10.0 Å². The lowest BCUT2D eigenvalue weighted by molar-refractivity contribution is 0.0954. The number of carbonyl (C=O) groups excluding carboxylic acids is 1. The summed E-state index contributed by atoms with van der Waals surface area (Å²) in [5.41, 5.74) is 1.81. The van der Waals surface area contributed by atoms with Crippen molar-refractivity contribution in [1.29, 1.82) is 0 Å². The molecule has 0 spiro atoms. The Hall–Kier alpha value is -1.76. The summed E-state index contributed by atoms with van der Waals surface area (Å²) in [6, 6.07) is 12.1. The zero-order valence-electron chi connectivity index (χ0n) is 14.6. The van der Waals surface area contributed by atoms with Crippen LogP contribution in [0, 0.1) is 0 Å². The molecule has 0 radical (unpaired) electrons. The maximum atomic E-state index is 12.5. The van der Waals surface area contributed by atoms with Crippen LogP contribution in [0.25, 0.3) is 0 Å². The Morgan fingerprint density at radius 2 is 1.81 bits per heavy atom. The van der Waals surface area contributed by atoms with Gasteiger partial charge in [0.2, 0.25) is 10.0 Å². The number of amides is 1. The van der Waals surface area contributed by atoms with E-state index in [1.807, 2.05) is 24.3 Å². The van der Waals surface area contributed by atoms with Crippen LogP contribution in [0.5, 0.6) is 0 Å². The van der Waals surface area contributed by atoms with E-state index in [0.717, 1.165) is 12.0 Å². The summed E-state index contributed by atoms with van der Waals surface area (Å²) < 4.78 is 26.0. The summed E-state index contributed by atoms with van der Waals surface area (Å²) in [4.78, 5) is 12.5. The number of rotatable bonds is 5. The van der Waals surface area contributed by atoms with E-state index in [4.69, 9.17) is 23.2 Å². The molecule has 1 aliphatic rings. The molecule has 2 aromatic carbocycles. The van der Waals surface area contributed by atoms with Crippen LogP contribution in [0.4, 0.5) is 5.69 Å². The molecule has 0 aliphatic carbocycles. The lowest BCUT2D eigenvalue weighted by Gasteiger charge is -2.29. The molecule has 1 heterocycles. The molecule has 5 nitrogen and oxygen atoms in total. The predicted molar refractivity (Wildman–Crippen MR) is 109 cm³/mol. The predicted octanol–water partition coefficient (Wildman–Crippen LogP) is 3.90. The Bertz CT molecular complexity index is 930. The third kappa shape index (κ3) is 4.94. The maximum Gasteiger partial charge on any atom is 0.251 e. The van der Waals surface area contributed by atoms with Gasteiger partial charge in [0, 0.05) is 23.7 Å². The maximum absolute atomic E-state index is 12.5. The van der Waals surface area contributed by atoms with Gasteiger partial charge in [0.25, 0.3) is 5.91 Å². The summed E-state index contributed by atoms with van der Waals surface area (Å²) in [6.45, 7) is 0.837. The van der Waals surface area contributed by atoms with Crippen molar-refractivity contribution in [2.75, 3.05) is 23.1 Å². The van der Waals surface area contributed by atoms with E-state index in [0.29, 0.717) is 47.2 Å². The molecule has 1 saturated heterocycles. The lowest BCUT2D eigenvalue weighted by Crippen LogP contribution is -2.38. The summed E-state index contributed by atoms with van der Waals surface area (Å²) >= 11 is 12.1. The molecule has 8 heteroatoms. The first kappa shape index (κ1) is 20.0. The molecule has 27 heavy (non-hydrogen) atoms. The molecule has 3 rings (SSSR count). The summed E-state index contributed by atoms with van der Waals surface area (Å²) in [6.07, 6.45) is 2.08. The van der Waals surface area contributed by atoms with Gasteiger partial charge in [0.15, 0.2) is 0 Å². The average molecular weight is 427 g/mol. The van der Waals surface area contributed by atoms with E-state index in [2.05, 4.69) is 5.32 Å². The van der Waals surface area contributed by atoms with Crippen LogP contribution in [-0.2, 0) is 16.4 Å². The smallest absolute Gasteiger partial charge is 0.251 e. The van der Waals surface area contributed by atoms with Crippen molar-refractivity contribution in [3.05, 3.63) is 63.6 Å². The normalized spacial score (nSPS) is 16.1. The minimum atomic E-state index is -3.39. The molecule has 2 aromatic rings. The first-order valence-corrected chi connectivity index (χ1v) is 11.1. The Morgan fingerprint density at radius 1 is 1.07 bits per heavy atom. The fourth-order valence-electron chi connectivity index (χ4n) is 2.98. The number of carbonyl (C=O) groups is 1. The van der Waals surface area contributed by atoms with Crippen LogP contribution < -0.4 is 9.62 Å². The second kappa shape index (κ2) is 8.50. The van der Waals surface area contributed by atoms with Gasteiger partial charge in [-0.25, -0.2) is 8.42 Å². The van der Waals surface area contributed by atoms with Gasteiger partial charge >= 0.3 is 0 Å². The Morgan fingerprint density at radius 3 is 2.52 bits per heavy atom. The van der Waals surface area contributed by atoms with Crippen molar-refractivity contribution in [1.82, 2.24) is 5.32 Å². The van der Waals surface area contributed by atoms with Gasteiger partial charge < -0.3 is 5.32 Å². The fraction of sp³-hybridized carbons (Fsp3) is 0.316. The second-order valence-electron chi connectivity index (χ2n) is 6.39. The van der Waals surface area contributed by atoms with Gasteiger partial charge in [-0.05, 0) is 55.2 Å². The van der Waals surface area contributed by atoms with Crippen molar-refractivity contribution < 1.29 is 13.2 Å². The van der Waals surface area contributed by atoms with E-state index in [9.17, 15) is 13.2 Å². The molecule has 0 saturated carbocycles. The average Bonchev–Trinajstić information content (AvgIpc) is 2.64. The summed E-state index contributed by atoms with van der Waals surface area (Å²) in [5.74, 6) is -0.169. The van der Waals surface area contributed by atoms with Crippen molar-refractivity contribution in [2.24, 2.45) is 0 Å². The van der Waals surface area contributed by atoms with Crippen molar-refractivity contribution in [3.8, 4) is 0 Å². The molecular formula is C19H20Cl2N2O3S. The van der Waals surface area contributed by atoms with Gasteiger partial charge in [0.1, 0.15) is 0 Å². The minimum Gasteiger partial charge on any atom is -0.352 e. The third-order valence-electron chi connectivity index (χ3n) is 4.44.